The highest BCUT2D eigenvalue weighted by Crippen LogP contribution is 2.32. The number of ether oxygens (including phenoxy) is 2. The highest BCUT2D eigenvalue weighted by Gasteiger charge is 2.12. The Morgan fingerprint density at radius 3 is 2.12 bits per heavy atom. The van der Waals surface area contributed by atoms with Gasteiger partial charge in [0.25, 0.3) is 0 Å². The van der Waals surface area contributed by atoms with Crippen molar-refractivity contribution in [1.82, 2.24) is 4.90 Å². The molecule has 0 aliphatic rings. The molecule has 1 N–H and O–H groups in total. The Bertz CT molecular complexity index is 626. The predicted molar refractivity (Wildman–Crippen MR) is 97.0 cm³/mol. The van der Waals surface area contributed by atoms with Crippen LogP contribution in [0.2, 0.25) is 0 Å². The number of aliphatic hydroxyl groups excluding tert-OH is 1. The summed E-state index contributed by atoms with van der Waals surface area (Å²) in [5.41, 5.74) is 1.06. The van der Waals surface area contributed by atoms with Crippen LogP contribution in [0.3, 0.4) is 0 Å². The van der Waals surface area contributed by atoms with E-state index in [9.17, 15) is 5.11 Å². The third-order valence-corrected chi connectivity index (χ3v) is 3.96. The van der Waals surface area contributed by atoms with Gasteiger partial charge in [-0.1, -0.05) is 44.2 Å². The van der Waals surface area contributed by atoms with Crippen LogP contribution in [0.5, 0.6) is 17.2 Å². The summed E-state index contributed by atoms with van der Waals surface area (Å²) >= 11 is 0. The average molecular weight is 329 g/mol. The molecule has 0 aromatic heterocycles. The lowest BCUT2D eigenvalue weighted by molar-refractivity contribution is 0.0708. The van der Waals surface area contributed by atoms with Gasteiger partial charge in [0, 0.05) is 6.54 Å². The zero-order valence-electron chi connectivity index (χ0n) is 14.7. The van der Waals surface area contributed by atoms with E-state index in [4.69, 9.17) is 9.47 Å². The number of para-hydroxylation sites is 3. The molecular weight excluding hydrogens is 302 g/mol. The van der Waals surface area contributed by atoms with Crippen molar-refractivity contribution in [2.24, 2.45) is 0 Å². The third kappa shape index (κ3) is 5.25. The lowest BCUT2D eigenvalue weighted by Crippen LogP contribution is -2.35. The van der Waals surface area contributed by atoms with Gasteiger partial charge in [0.1, 0.15) is 18.5 Å². The maximum atomic E-state index is 10.2. The molecule has 4 heteroatoms. The summed E-state index contributed by atoms with van der Waals surface area (Å²) in [7, 11) is 0. The molecular formula is C20H27NO3. The molecule has 24 heavy (non-hydrogen) atoms. The fourth-order valence-corrected chi connectivity index (χ4v) is 2.46. The molecule has 0 bridgehead atoms. The van der Waals surface area contributed by atoms with Gasteiger partial charge in [-0.3, -0.25) is 0 Å². The minimum absolute atomic E-state index is 0.241. The van der Waals surface area contributed by atoms with Gasteiger partial charge in [-0.25, -0.2) is 0 Å². The summed E-state index contributed by atoms with van der Waals surface area (Å²) in [4.78, 5) is 2.17. The molecule has 0 saturated heterocycles. The van der Waals surface area contributed by atoms with E-state index in [1.165, 1.54) is 0 Å². The van der Waals surface area contributed by atoms with Gasteiger partial charge < -0.3 is 19.5 Å². The highest BCUT2D eigenvalue weighted by molar-refractivity contribution is 5.44. The van der Waals surface area contributed by atoms with Crippen LogP contribution >= 0.6 is 0 Å². The Balaban J connectivity index is 2.00. The number of aliphatic hydroxyl groups is 1. The topological polar surface area (TPSA) is 41.9 Å². The second-order valence-electron chi connectivity index (χ2n) is 5.76. The largest absolute Gasteiger partial charge is 0.487 e. The van der Waals surface area contributed by atoms with Crippen molar-refractivity contribution in [2.45, 2.75) is 26.9 Å². The number of nitrogens with zero attached hydrogens (tertiary/aromatic N) is 1. The average Bonchev–Trinajstić information content (AvgIpc) is 2.61. The van der Waals surface area contributed by atoms with E-state index in [1.54, 1.807) is 0 Å². The Kier molecular flexibility index (Phi) is 7.09. The second kappa shape index (κ2) is 9.30. The van der Waals surface area contributed by atoms with Crippen LogP contribution in [0.15, 0.2) is 48.5 Å². The monoisotopic (exact) mass is 329 g/mol. The van der Waals surface area contributed by atoms with Gasteiger partial charge in [0.2, 0.25) is 0 Å². The van der Waals surface area contributed by atoms with Crippen molar-refractivity contribution < 1.29 is 14.6 Å². The second-order valence-corrected chi connectivity index (χ2v) is 5.76. The van der Waals surface area contributed by atoms with Gasteiger partial charge in [0.05, 0.1) is 0 Å². The molecule has 130 valence electrons. The number of rotatable bonds is 9. The fourth-order valence-electron chi connectivity index (χ4n) is 2.46. The Hall–Kier alpha value is -2.04. The number of aryl methyl sites for hydroxylation is 1. The number of hydrogen-bond acceptors (Lipinski definition) is 4. The molecule has 0 saturated carbocycles. The van der Waals surface area contributed by atoms with E-state index < -0.39 is 6.10 Å². The highest BCUT2D eigenvalue weighted by atomic mass is 16.5. The summed E-state index contributed by atoms with van der Waals surface area (Å²) in [6, 6.07) is 15.4. The fraction of sp³-hybridized carbons (Fsp3) is 0.400. The maximum absolute atomic E-state index is 10.2. The molecule has 2 rings (SSSR count). The molecule has 0 spiro atoms. The van der Waals surface area contributed by atoms with E-state index in [-0.39, 0.29) is 6.61 Å². The van der Waals surface area contributed by atoms with E-state index in [0.717, 1.165) is 24.4 Å². The quantitative estimate of drug-likeness (QED) is 0.758. The van der Waals surface area contributed by atoms with E-state index >= 15 is 0 Å². The van der Waals surface area contributed by atoms with Crippen LogP contribution in [-0.4, -0.2) is 42.4 Å². The molecule has 0 fully saturated rings. The molecule has 1 unspecified atom stereocenters. The minimum Gasteiger partial charge on any atom is -0.487 e. The lowest BCUT2D eigenvalue weighted by Gasteiger charge is -2.22. The molecule has 1 atom stereocenters. The molecule has 2 aromatic rings. The van der Waals surface area contributed by atoms with Gasteiger partial charge in [0.15, 0.2) is 11.5 Å². The SMILES string of the molecule is CCN(CC)CC(O)COc1ccccc1Oc1ccccc1C. The summed E-state index contributed by atoms with van der Waals surface area (Å²) in [5.74, 6) is 2.10. The Labute approximate surface area is 144 Å². The smallest absolute Gasteiger partial charge is 0.169 e. The number of hydrogen-bond donors (Lipinski definition) is 1. The molecule has 0 aliphatic heterocycles. The van der Waals surface area contributed by atoms with Crippen LogP contribution in [0.1, 0.15) is 19.4 Å². The van der Waals surface area contributed by atoms with Gasteiger partial charge >= 0.3 is 0 Å². The molecule has 0 amide bonds. The first-order valence-electron chi connectivity index (χ1n) is 8.49. The van der Waals surface area contributed by atoms with E-state index in [1.807, 2.05) is 55.5 Å². The zero-order chi connectivity index (χ0) is 17.4. The number of benzene rings is 2. The van der Waals surface area contributed by atoms with Crippen LogP contribution < -0.4 is 9.47 Å². The molecule has 0 aliphatic carbocycles. The summed E-state index contributed by atoms with van der Waals surface area (Å²) < 4.78 is 11.8. The minimum atomic E-state index is -0.531. The molecule has 2 aromatic carbocycles. The van der Waals surface area contributed by atoms with Crippen LogP contribution in [0, 0.1) is 6.92 Å². The third-order valence-electron chi connectivity index (χ3n) is 3.96. The van der Waals surface area contributed by atoms with Gasteiger partial charge in [-0.15, -0.1) is 0 Å². The van der Waals surface area contributed by atoms with E-state index in [2.05, 4.69) is 18.7 Å². The van der Waals surface area contributed by atoms with Crippen molar-refractivity contribution >= 4 is 0 Å². The maximum Gasteiger partial charge on any atom is 0.169 e. The Morgan fingerprint density at radius 2 is 1.50 bits per heavy atom. The Morgan fingerprint density at radius 1 is 0.917 bits per heavy atom. The first-order chi connectivity index (χ1) is 11.6. The van der Waals surface area contributed by atoms with E-state index in [0.29, 0.717) is 18.0 Å². The zero-order valence-corrected chi connectivity index (χ0v) is 14.7. The van der Waals surface area contributed by atoms with Crippen molar-refractivity contribution in [3.8, 4) is 17.2 Å². The first kappa shape index (κ1) is 18.3. The molecule has 4 nitrogen and oxygen atoms in total. The normalized spacial score (nSPS) is 12.2. The summed E-state index contributed by atoms with van der Waals surface area (Å²) in [6.07, 6.45) is -0.531. The van der Waals surface area contributed by atoms with Crippen LogP contribution in [-0.2, 0) is 0 Å². The van der Waals surface area contributed by atoms with Crippen molar-refractivity contribution in [1.29, 1.82) is 0 Å². The van der Waals surface area contributed by atoms with Gasteiger partial charge in [-0.05, 0) is 43.8 Å². The van der Waals surface area contributed by atoms with Crippen molar-refractivity contribution in [3.05, 3.63) is 54.1 Å². The van der Waals surface area contributed by atoms with Crippen LogP contribution in [0.4, 0.5) is 0 Å². The van der Waals surface area contributed by atoms with Crippen molar-refractivity contribution in [3.63, 3.8) is 0 Å². The van der Waals surface area contributed by atoms with Gasteiger partial charge in [-0.2, -0.15) is 0 Å². The molecule has 0 heterocycles. The molecule has 0 radical (unpaired) electrons. The van der Waals surface area contributed by atoms with Crippen LogP contribution in [0.25, 0.3) is 0 Å². The lowest BCUT2D eigenvalue weighted by atomic mass is 10.2. The summed E-state index contributed by atoms with van der Waals surface area (Å²) in [6.45, 7) is 8.86. The predicted octanol–water partition coefficient (Wildman–Crippen LogP) is 3.87. The summed E-state index contributed by atoms with van der Waals surface area (Å²) in [5, 5.41) is 10.2. The standard InChI is InChI=1S/C20H27NO3/c1-4-21(5-2)14-17(22)15-23-19-12-8-9-13-20(19)24-18-11-7-6-10-16(18)3/h6-13,17,22H,4-5,14-15H2,1-3H3. The number of likely N-dealkylation sites (N-methyl/N-ethyl adjacent to an activating group) is 1. The van der Waals surface area contributed by atoms with Crippen molar-refractivity contribution in [2.75, 3.05) is 26.2 Å². The first-order valence-corrected chi connectivity index (χ1v) is 8.49.